The lowest BCUT2D eigenvalue weighted by molar-refractivity contribution is -0.122. The molecule has 4 nitrogen and oxygen atoms in total. The van der Waals surface area contributed by atoms with E-state index in [0.29, 0.717) is 5.92 Å². The van der Waals surface area contributed by atoms with Gasteiger partial charge in [0, 0.05) is 23.9 Å². The van der Waals surface area contributed by atoms with Crippen LogP contribution in [0.2, 0.25) is 0 Å². The highest BCUT2D eigenvalue weighted by Crippen LogP contribution is 2.56. The van der Waals surface area contributed by atoms with E-state index in [4.69, 9.17) is 4.52 Å². The molecule has 1 heterocycles. The molecule has 1 N–H and O–H groups in total. The topological polar surface area (TPSA) is 55.1 Å². The molecular formula is C16H24N2O2. The van der Waals surface area contributed by atoms with Crippen molar-refractivity contribution in [3.8, 4) is 0 Å². The van der Waals surface area contributed by atoms with E-state index in [0.717, 1.165) is 25.0 Å². The Balaban J connectivity index is 2.04. The Hall–Kier alpha value is -1.32. The standard InChI is InChI=1S/C16H24N2O2/c1-10(19)18-13-7-5-6-12-15(2,3)14-11(9-17-20-14)8-16(12,13)4/h9,12-13H,5-8H2,1-4H3,(H,18,19)/t12-,13?,16-/m0/s1. The summed E-state index contributed by atoms with van der Waals surface area (Å²) in [5.41, 5.74) is 1.29. The summed E-state index contributed by atoms with van der Waals surface area (Å²) in [4.78, 5) is 11.5. The molecule has 0 aromatic carbocycles. The number of hydrogen-bond donors (Lipinski definition) is 1. The number of hydrogen-bond acceptors (Lipinski definition) is 3. The van der Waals surface area contributed by atoms with Crippen molar-refractivity contribution >= 4 is 5.91 Å². The molecule has 110 valence electrons. The highest BCUT2D eigenvalue weighted by molar-refractivity contribution is 5.73. The van der Waals surface area contributed by atoms with E-state index in [1.54, 1.807) is 6.92 Å². The molecule has 4 heteroatoms. The highest BCUT2D eigenvalue weighted by Gasteiger charge is 2.56. The average molecular weight is 276 g/mol. The van der Waals surface area contributed by atoms with E-state index in [2.05, 4.69) is 31.2 Å². The Kier molecular flexibility index (Phi) is 2.96. The van der Waals surface area contributed by atoms with Gasteiger partial charge in [0.15, 0.2) is 0 Å². The van der Waals surface area contributed by atoms with E-state index in [9.17, 15) is 4.79 Å². The zero-order chi connectivity index (χ0) is 14.5. The Morgan fingerprint density at radius 2 is 2.15 bits per heavy atom. The molecule has 20 heavy (non-hydrogen) atoms. The van der Waals surface area contributed by atoms with Crippen molar-refractivity contribution < 1.29 is 9.32 Å². The molecular weight excluding hydrogens is 252 g/mol. The third-order valence-electron chi connectivity index (χ3n) is 5.63. The van der Waals surface area contributed by atoms with Gasteiger partial charge in [0.25, 0.3) is 0 Å². The minimum absolute atomic E-state index is 0.0179. The molecule has 1 aromatic rings. The predicted molar refractivity (Wildman–Crippen MR) is 76.3 cm³/mol. The second-order valence-electron chi connectivity index (χ2n) is 7.32. The maximum absolute atomic E-state index is 11.5. The summed E-state index contributed by atoms with van der Waals surface area (Å²) in [7, 11) is 0. The zero-order valence-electron chi connectivity index (χ0n) is 12.8. The molecule has 2 aliphatic rings. The van der Waals surface area contributed by atoms with Gasteiger partial charge >= 0.3 is 0 Å². The fourth-order valence-corrected chi connectivity index (χ4v) is 4.83. The number of carbonyl (C=O) groups excluding carboxylic acids is 1. The molecule has 0 spiro atoms. The highest BCUT2D eigenvalue weighted by atomic mass is 16.5. The van der Waals surface area contributed by atoms with Crippen LogP contribution < -0.4 is 5.32 Å². The van der Waals surface area contributed by atoms with Crippen LogP contribution in [0.1, 0.15) is 58.3 Å². The van der Waals surface area contributed by atoms with Crippen LogP contribution in [-0.4, -0.2) is 17.1 Å². The number of nitrogens with one attached hydrogen (secondary N) is 1. The molecule has 1 unspecified atom stereocenters. The van der Waals surface area contributed by atoms with Crippen molar-refractivity contribution in [2.75, 3.05) is 0 Å². The summed E-state index contributed by atoms with van der Waals surface area (Å²) in [6.45, 7) is 8.46. The van der Waals surface area contributed by atoms with Gasteiger partial charge in [-0.1, -0.05) is 32.3 Å². The number of carbonyl (C=O) groups is 1. The molecule has 0 bridgehead atoms. The molecule has 0 aliphatic heterocycles. The van der Waals surface area contributed by atoms with Gasteiger partial charge in [-0.25, -0.2) is 0 Å². The first-order chi connectivity index (χ1) is 9.35. The second kappa shape index (κ2) is 4.34. The molecule has 1 fully saturated rings. The summed E-state index contributed by atoms with van der Waals surface area (Å²) < 4.78 is 5.54. The van der Waals surface area contributed by atoms with Gasteiger partial charge in [0.1, 0.15) is 5.76 Å². The van der Waals surface area contributed by atoms with E-state index >= 15 is 0 Å². The summed E-state index contributed by atoms with van der Waals surface area (Å²) in [5, 5.41) is 7.20. The van der Waals surface area contributed by atoms with Gasteiger partial charge in [0.05, 0.1) is 6.20 Å². The lowest BCUT2D eigenvalue weighted by atomic mass is 9.50. The van der Waals surface area contributed by atoms with Crippen LogP contribution >= 0.6 is 0 Å². The number of rotatable bonds is 1. The lowest BCUT2D eigenvalue weighted by Crippen LogP contribution is -2.59. The van der Waals surface area contributed by atoms with Crippen LogP contribution in [-0.2, 0) is 16.6 Å². The fourth-order valence-electron chi connectivity index (χ4n) is 4.83. The SMILES string of the molecule is CC(=O)NC1CCC[C@H]2C(C)(C)c3oncc3C[C@]12C. The van der Waals surface area contributed by atoms with Gasteiger partial charge in [-0.15, -0.1) is 0 Å². The Morgan fingerprint density at radius 1 is 1.40 bits per heavy atom. The number of fused-ring (bicyclic) bond motifs is 2. The maximum Gasteiger partial charge on any atom is 0.217 e. The van der Waals surface area contributed by atoms with Crippen LogP contribution in [0.3, 0.4) is 0 Å². The molecule has 0 saturated heterocycles. The van der Waals surface area contributed by atoms with E-state index in [-0.39, 0.29) is 22.8 Å². The number of aromatic nitrogens is 1. The molecule has 1 aromatic heterocycles. The monoisotopic (exact) mass is 276 g/mol. The first kappa shape index (κ1) is 13.7. The smallest absolute Gasteiger partial charge is 0.217 e. The molecule has 3 rings (SSSR count). The van der Waals surface area contributed by atoms with Crippen LogP contribution in [0, 0.1) is 11.3 Å². The van der Waals surface area contributed by atoms with E-state index < -0.39 is 0 Å². The largest absolute Gasteiger partial charge is 0.361 e. The summed E-state index contributed by atoms with van der Waals surface area (Å²) in [6.07, 6.45) is 6.24. The van der Waals surface area contributed by atoms with Gasteiger partial charge in [-0.2, -0.15) is 0 Å². The molecule has 1 saturated carbocycles. The molecule has 0 radical (unpaired) electrons. The van der Waals surface area contributed by atoms with Crippen LogP contribution in [0.15, 0.2) is 10.7 Å². The van der Waals surface area contributed by atoms with E-state index in [1.165, 1.54) is 12.0 Å². The normalized spacial score (nSPS) is 35.0. The molecule has 2 aliphatic carbocycles. The van der Waals surface area contributed by atoms with Crippen molar-refractivity contribution in [3.05, 3.63) is 17.5 Å². The minimum Gasteiger partial charge on any atom is -0.361 e. The van der Waals surface area contributed by atoms with Crippen molar-refractivity contribution in [2.24, 2.45) is 11.3 Å². The third kappa shape index (κ3) is 1.80. The summed E-state index contributed by atoms with van der Waals surface area (Å²) >= 11 is 0. The fraction of sp³-hybridized carbons (Fsp3) is 0.750. The summed E-state index contributed by atoms with van der Waals surface area (Å²) in [5.74, 6) is 1.63. The van der Waals surface area contributed by atoms with Gasteiger partial charge in [0.2, 0.25) is 5.91 Å². The van der Waals surface area contributed by atoms with Gasteiger partial charge < -0.3 is 9.84 Å². The van der Waals surface area contributed by atoms with Crippen LogP contribution in [0.25, 0.3) is 0 Å². The van der Waals surface area contributed by atoms with Gasteiger partial charge in [-0.05, 0) is 30.6 Å². The summed E-state index contributed by atoms with van der Waals surface area (Å²) in [6, 6.07) is 0.251. The number of amides is 1. The number of nitrogens with zero attached hydrogens (tertiary/aromatic N) is 1. The third-order valence-corrected chi connectivity index (χ3v) is 5.63. The van der Waals surface area contributed by atoms with Crippen molar-refractivity contribution in [1.82, 2.24) is 10.5 Å². The first-order valence-electron chi connectivity index (χ1n) is 7.57. The Labute approximate surface area is 120 Å². The Morgan fingerprint density at radius 3 is 2.85 bits per heavy atom. The predicted octanol–water partition coefficient (Wildman–Crippen LogP) is 2.82. The lowest BCUT2D eigenvalue weighted by Gasteiger charge is -2.55. The minimum atomic E-state index is -0.0179. The quantitative estimate of drug-likeness (QED) is 0.858. The van der Waals surface area contributed by atoms with Crippen LogP contribution in [0.5, 0.6) is 0 Å². The van der Waals surface area contributed by atoms with E-state index in [1.807, 2.05) is 6.20 Å². The zero-order valence-corrected chi connectivity index (χ0v) is 12.8. The Bertz CT molecular complexity index is 534. The second-order valence-corrected chi connectivity index (χ2v) is 7.32. The van der Waals surface area contributed by atoms with Crippen molar-refractivity contribution in [3.63, 3.8) is 0 Å². The molecule has 1 amide bonds. The van der Waals surface area contributed by atoms with Crippen LogP contribution in [0.4, 0.5) is 0 Å². The first-order valence-corrected chi connectivity index (χ1v) is 7.57. The van der Waals surface area contributed by atoms with Crippen molar-refractivity contribution in [2.45, 2.75) is 64.8 Å². The molecule has 3 atom stereocenters. The maximum atomic E-state index is 11.5. The van der Waals surface area contributed by atoms with Gasteiger partial charge in [-0.3, -0.25) is 4.79 Å². The average Bonchev–Trinajstić information content (AvgIpc) is 2.79. The van der Waals surface area contributed by atoms with Crippen molar-refractivity contribution in [1.29, 1.82) is 0 Å².